The first-order chi connectivity index (χ1) is 15.9. The van der Waals surface area contributed by atoms with Gasteiger partial charge in [0.05, 0.1) is 29.5 Å². The molecule has 2 aliphatic rings. The fraction of sp³-hybridized carbons (Fsp3) is 0.391. The summed E-state index contributed by atoms with van der Waals surface area (Å²) in [5.74, 6) is -0.361. The first-order valence-electron chi connectivity index (χ1n) is 11.0. The normalized spacial score (nSPS) is 16.5. The molecule has 2 aromatic carbocycles. The monoisotopic (exact) mass is 453 g/mol. The molecule has 2 amide bonds. The predicted octanol–water partition coefficient (Wildman–Crippen LogP) is 2.35. The van der Waals surface area contributed by atoms with Crippen molar-refractivity contribution < 1.29 is 19.2 Å². The van der Waals surface area contributed by atoms with E-state index in [1.165, 1.54) is 6.07 Å². The van der Waals surface area contributed by atoms with Crippen LogP contribution in [0.2, 0.25) is 0 Å². The van der Waals surface area contributed by atoms with E-state index in [2.05, 4.69) is 10.2 Å². The summed E-state index contributed by atoms with van der Waals surface area (Å²) in [7, 11) is 0. The quantitative estimate of drug-likeness (QED) is 0.547. The Morgan fingerprint density at radius 1 is 0.939 bits per heavy atom. The van der Waals surface area contributed by atoms with Gasteiger partial charge in [-0.3, -0.25) is 19.7 Å². The number of ether oxygens (including phenoxy) is 1. The number of benzene rings is 2. The van der Waals surface area contributed by atoms with Gasteiger partial charge in [0.2, 0.25) is 5.91 Å². The first-order valence-corrected chi connectivity index (χ1v) is 11.0. The van der Waals surface area contributed by atoms with Gasteiger partial charge in [0, 0.05) is 57.8 Å². The van der Waals surface area contributed by atoms with Gasteiger partial charge in [0.15, 0.2) is 0 Å². The highest BCUT2D eigenvalue weighted by molar-refractivity contribution is 6.06. The van der Waals surface area contributed by atoms with E-state index in [4.69, 9.17) is 4.74 Å². The first kappa shape index (κ1) is 22.5. The molecule has 1 N–H and O–H groups in total. The molecule has 0 atom stereocenters. The highest BCUT2D eigenvalue weighted by Gasteiger charge is 2.25. The summed E-state index contributed by atoms with van der Waals surface area (Å²) < 4.78 is 5.33. The lowest BCUT2D eigenvalue weighted by atomic mass is 10.1. The molecule has 0 radical (unpaired) electrons. The molecule has 10 nitrogen and oxygen atoms in total. The maximum absolute atomic E-state index is 13.0. The Morgan fingerprint density at radius 2 is 1.61 bits per heavy atom. The summed E-state index contributed by atoms with van der Waals surface area (Å²) in [5, 5.41) is 14.6. The lowest BCUT2D eigenvalue weighted by Crippen LogP contribution is -2.48. The second-order valence-corrected chi connectivity index (χ2v) is 8.02. The summed E-state index contributed by atoms with van der Waals surface area (Å²) in [5.41, 5.74) is 2.09. The molecule has 174 valence electrons. The Bertz CT molecular complexity index is 1050. The predicted molar refractivity (Wildman–Crippen MR) is 125 cm³/mol. The molecular formula is C23H27N5O5. The zero-order valence-electron chi connectivity index (χ0n) is 18.5. The van der Waals surface area contributed by atoms with Crippen molar-refractivity contribution in [1.82, 2.24) is 4.90 Å². The molecule has 33 heavy (non-hydrogen) atoms. The highest BCUT2D eigenvalue weighted by atomic mass is 16.6. The maximum atomic E-state index is 13.0. The highest BCUT2D eigenvalue weighted by Crippen LogP contribution is 2.31. The lowest BCUT2D eigenvalue weighted by Gasteiger charge is -2.36. The number of hydrogen-bond donors (Lipinski definition) is 1. The molecule has 0 unspecified atom stereocenters. The Kier molecular flexibility index (Phi) is 6.74. The number of hydrogen-bond acceptors (Lipinski definition) is 7. The second-order valence-electron chi connectivity index (χ2n) is 8.02. The molecule has 2 heterocycles. The summed E-state index contributed by atoms with van der Waals surface area (Å²) >= 11 is 0. The molecule has 2 saturated heterocycles. The van der Waals surface area contributed by atoms with Crippen molar-refractivity contribution in [3.05, 3.63) is 58.1 Å². The summed E-state index contributed by atoms with van der Waals surface area (Å²) in [6.45, 7) is 6.27. The minimum atomic E-state index is -0.454. The molecule has 2 fully saturated rings. The molecule has 0 aliphatic carbocycles. The van der Waals surface area contributed by atoms with E-state index in [9.17, 15) is 19.7 Å². The fourth-order valence-corrected chi connectivity index (χ4v) is 4.19. The second kappa shape index (κ2) is 9.86. The largest absolute Gasteiger partial charge is 0.378 e. The number of rotatable bonds is 5. The molecule has 0 saturated carbocycles. The molecule has 4 rings (SSSR count). The van der Waals surface area contributed by atoms with Crippen molar-refractivity contribution in [2.24, 2.45) is 0 Å². The fourth-order valence-electron chi connectivity index (χ4n) is 4.19. The Morgan fingerprint density at radius 3 is 2.27 bits per heavy atom. The molecule has 2 aliphatic heterocycles. The molecule has 2 aromatic rings. The maximum Gasteiger partial charge on any atom is 0.293 e. The standard InChI is InChI=1S/C23H27N5O5/c1-17(29)25-8-10-26(11-9-25)20-5-3-2-4-19(20)24-23(30)18-6-7-21(22(16-18)28(31)32)27-12-14-33-15-13-27/h2-7,16H,8-15H2,1H3,(H,24,30). The van der Waals surface area contributed by atoms with Gasteiger partial charge < -0.3 is 24.8 Å². The number of anilines is 3. The number of nitro groups is 1. The van der Waals surface area contributed by atoms with E-state index >= 15 is 0 Å². The summed E-state index contributed by atoms with van der Waals surface area (Å²) in [4.78, 5) is 41.7. The van der Waals surface area contributed by atoms with E-state index in [0.29, 0.717) is 63.9 Å². The van der Waals surface area contributed by atoms with Crippen LogP contribution in [0.5, 0.6) is 0 Å². The Balaban J connectivity index is 1.52. The van der Waals surface area contributed by atoms with E-state index in [1.54, 1.807) is 30.0 Å². The number of carbonyl (C=O) groups is 2. The number of morpholine rings is 1. The molecule has 0 spiro atoms. The van der Waals surface area contributed by atoms with Crippen molar-refractivity contribution >= 4 is 34.6 Å². The van der Waals surface area contributed by atoms with Crippen LogP contribution in [0.3, 0.4) is 0 Å². The van der Waals surface area contributed by atoms with E-state index < -0.39 is 10.8 Å². The SMILES string of the molecule is CC(=O)N1CCN(c2ccccc2NC(=O)c2ccc(N3CCOCC3)c([N+](=O)[O-])c2)CC1. The van der Waals surface area contributed by atoms with Crippen LogP contribution < -0.4 is 15.1 Å². The topological polar surface area (TPSA) is 108 Å². The minimum absolute atomic E-state index is 0.0540. The van der Waals surface area contributed by atoms with Crippen LogP contribution in [-0.2, 0) is 9.53 Å². The van der Waals surface area contributed by atoms with Crippen molar-refractivity contribution in [2.45, 2.75) is 6.92 Å². The van der Waals surface area contributed by atoms with Crippen LogP contribution in [0.25, 0.3) is 0 Å². The Labute approximate surface area is 191 Å². The van der Waals surface area contributed by atoms with Crippen LogP contribution >= 0.6 is 0 Å². The number of nitro benzene ring substituents is 1. The van der Waals surface area contributed by atoms with Gasteiger partial charge in [-0.2, -0.15) is 0 Å². The van der Waals surface area contributed by atoms with Gasteiger partial charge in [0.1, 0.15) is 5.69 Å². The third-order valence-corrected chi connectivity index (χ3v) is 6.00. The average Bonchev–Trinajstić information content (AvgIpc) is 2.84. The smallest absolute Gasteiger partial charge is 0.293 e. The number of amides is 2. The van der Waals surface area contributed by atoms with Crippen molar-refractivity contribution in [3.8, 4) is 0 Å². The number of nitrogens with zero attached hydrogens (tertiary/aromatic N) is 4. The van der Waals surface area contributed by atoms with Crippen molar-refractivity contribution in [2.75, 3.05) is 67.6 Å². The van der Waals surface area contributed by atoms with Crippen LogP contribution in [-0.4, -0.2) is 74.1 Å². The lowest BCUT2D eigenvalue weighted by molar-refractivity contribution is -0.384. The third-order valence-electron chi connectivity index (χ3n) is 6.00. The minimum Gasteiger partial charge on any atom is -0.378 e. The van der Waals surface area contributed by atoms with Gasteiger partial charge in [-0.25, -0.2) is 0 Å². The van der Waals surface area contributed by atoms with Gasteiger partial charge >= 0.3 is 0 Å². The number of piperazine rings is 1. The average molecular weight is 453 g/mol. The third kappa shape index (κ3) is 5.06. The van der Waals surface area contributed by atoms with Gasteiger partial charge in [-0.15, -0.1) is 0 Å². The summed E-state index contributed by atoms with van der Waals surface area (Å²) in [6.07, 6.45) is 0. The molecule has 0 bridgehead atoms. The van der Waals surface area contributed by atoms with Gasteiger partial charge in [-0.05, 0) is 24.3 Å². The molecule has 10 heteroatoms. The summed E-state index contributed by atoms with van der Waals surface area (Å²) in [6, 6.07) is 12.0. The van der Waals surface area contributed by atoms with Crippen LogP contribution in [0.15, 0.2) is 42.5 Å². The van der Waals surface area contributed by atoms with Gasteiger partial charge in [0.25, 0.3) is 11.6 Å². The van der Waals surface area contributed by atoms with E-state index in [1.807, 2.05) is 23.1 Å². The van der Waals surface area contributed by atoms with Crippen molar-refractivity contribution in [3.63, 3.8) is 0 Å². The zero-order valence-corrected chi connectivity index (χ0v) is 18.5. The Hall–Kier alpha value is -3.66. The van der Waals surface area contributed by atoms with Gasteiger partial charge in [-0.1, -0.05) is 12.1 Å². The zero-order chi connectivity index (χ0) is 23.4. The number of carbonyl (C=O) groups excluding carboxylic acids is 2. The van der Waals surface area contributed by atoms with E-state index in [0.717, 1.165) is 5.69 Å². The number of para-hydroxylation sites is 2. The van der Waals surface area contributed by atoms with Crippen LogP contribution in [0.1, 0.15) is 17.3 Å². The number of nitrogens with one attached hydrogen (secondary N) is 1. The van der Waals surface area contributed by atoms with Crippen LogP contribution in [0, 0.1) is 10.1 Å². The van der Waals surface area contributed by atoms with E-state index in [-0.39, 0.29) is 17.2 Å². The van der Waals surface area contributed by atoms with Crippen molar-refractivity contribution in [1.29, 1.82) is 0 Å². The molecule has 0 aromatic heterocycles. The van der Waals surface area contributed by atoms with Crippen LogP contribution in [0.4, 0.5) is 22.7 Å². The molecular weight excluding hydrogens is 426 g/mol.